The first-order valence-corrected chi connectivity index (χ1v) is 6.97. The van der Waals surface area contributed by atoms with Crippen molar-refractivity contribution in [2.24, 2.45) is 7.05 Å². The molecule has 3 heterocycles. The van der Waals surface area contributed by atoms with E-state index in [9.17, 15) is 0 Å². The molecule has 1 aliphatic heterocycles. The molecule has 2 aromatic rings. The molecule has 0 radical (unpaired) electrons. The predicted molar refractivity (Wildman–Crippen MR) is 77.3 cm³/mol. The van der Waals surface area contributed by atoms with Crippen LogP contribution in [0.5, 0.6) is 0 Å². The summed E-state index contributed by atoms with van der Waals surface area (Å²) in [4.78, 5) is 7.07. The van der Waals surface area contributed by atoms with Gasteiger partial charge in [0.15, 0.2) is 5.65 Å². The molecule has 0 fully saturated rings. The van der Waals surface area contributed by atoms with Crippen LogP contribution < -0.4 is 0 Å². The van der Waals surface area contributed by atoms with Gasteiger partial charge in [-0.1, -0.05) is 6.92 Å². The largest absolute Gasteiger partial charge is 0.296 e. The first kappa shape index (κ1) is 12.6. The minimum atomic E-state index is 0.415. The van der Waals surface area contributed by atoms with Gasteiger partial charge in [0.05, 0.1) is 5.69 Å². The van der Waals surface area contributed by atoms with Gasteiger partial charge in [-0.05, 0) is 44.9 Å². The zero-order valence-corrected chi connectivity index (χ0v) is 12.6. The van der Waals surface area contributed by atoms with Crippen LogP contribution in [0.2, 0.25) is 0 Å². The third-order valence-electron chi connectivity index (χ3n) is 4.98. The van der Waals surface area contributed by atoms with Crippen molar-refractivity contribution in [3.8, 4) is 0 Å². The van der Waals surface area contributed by atoms with Crippen molar-refractivity contribution in [1.82, 2.24) is 19.7 Å². The molecule has 3 unspecified atom stereocenters. The van der Waals surface area contributed by atoms with Crippen molar-refractivity contribution in [2.45, 2.75) is 45.7 Å². The molecule has 19 heavy (non-hydrogen) atoms. The van der Waals surface area contributed by atoms with Gasteiger partial charge in [0.2, 0.25) is 0 Å². The third-order valence-corrected chi connectivity index (χ3v) is 4.98. The van der Waals surface area contributed by atoms with E-state index in [1.165, 1.54) is 16.5 Å². The second-order valence-electron chi connectivity index (χ2n) is 5.91. The van der Waals surface area contributed by atoms with Crippen LogP contribution in [0.4, 0.5) is 0 Å². The van der Waals surface area contributed by atoms with E-state index in [1.807, 2.05) is 17.9 Å². The number of rotatable bonds is 0. The molecule has 3 atom stereocenters. The van der Waals surface area contributed by atoms with Gasteiger partial charge in [-0.25, -0.2) is 4.98 Å². The molecule has 3 rings (SSSR count). The van der Waals surface area contributed by atoms with Crippen molar-refractivity contribution in [3.05, 3.63) is 23.0 Å². The van der Waals surface area contributed by atoms with Gasteiger partial charge in [-0.2, -0.15) is 5.10 Å². The molecule has 2 aromatic heterocycles. The first-order chi connectivity index (χ1) is 8.93. The summed E-state index contributed by atoms with van der Waals surface area (Å²) < 4.78 is 1.89. The highest BCUT2D eigenvalue weighted by molar-refractivity contribution is 5.84. The number of likely N-dealkylation sites (N-methyl/N-ethyl adjacent to an activating group) is 1. The summed E-state index contributed by atoms with van der Waals surface area (Å²) >= 11 is 0. The minimum Gasteiger partial charge on any atom is -0.296 e. The van der Waals surface area contributed by atoms with Gasteiger partial charge in [0, 0.05) is 30.7 Å². The van der Waals surface area contributed by atoms with Gasteiger partial charge in [-0.3, -0.25) is 9.58 Å². The summed E-state index contributed by atoms with van der Waals surface area (Å²) in [6, 6.07) is 0.949. The highest BCUT2D eigenvalue weighted by Crippen LogP contribution is 2.42. The number of pyridine rings is 1. The topological polar surface area (TPSA) is 34.0 Å². The monoisotopic (exact) mass is 258 g/mol. The van der Waals surface area contributed by atoms with E-state index in [2.05, 4.69) is 49.7 Å². The number of nitrogens with zero attached hydrogens (tertiary/aromatic N) is 4. The Labute approximate surface area is 114 Å². The maximum Gasteiger partial charge on any atom is 0.158 e. The molecule has 4 heteroatoms. The number of hydrogen-bond donors (Lipinski definition) is 0. The van der Waals surface area contributed by atoms with E-state index in [1.54, 1.807) is 0 Å². The van der Waals surface area contributed by atoms with Crippen LogP contribution in [-0.4, -0.2) is 32.8 Å². The third kappa shape index (κ3) is 1.56. The second kappa shape index (κ2) is 4.04. The molecule has 0 aromatic carbocycles. The molecule has 0 saturated heterocycles. The maximum absolute atomic E-state index is 4.63. The molecule has 0 saturated carbocycles. The smallest absolute Gasteiger partial charge is 0.158 e. The van der Waals surface area contributed by atoms with Crippen molar-refractivity contribution in [3.63, 3.8) is 0 Å². The Hall–Kier alpha value is -1.42. The summed E-state index contributed by atoms with van der Waals surface area (Å²) in [6.45, 7) is 8.98. The Kier molecular flexibility index (Phi) is 2.68. The van der Waals surface area contributed by atoms with Gasteiger partial charge in [0.1, 0.15) is 0 Å². The van der Waals surface area contributed by atoms with E-state index >= 15 is 0 Å². The van der Waals surface area contributed by atoms with E-state index < -0.39 is 0 Å². The highest BCUT2D eigenvalue weighted by atomic mass is 15.3. The zero-order valence-electron chi connectivity index (χ0n) is 12.6. The molecule has 102 valence electrons. The molecular weight excluding hydrogens is 236 g/mol. The maximum atomic E-state index is 4.63. The van der Waals surface area contributed by atoms with Crippen LogP contribution in [-0.2, 0) is 7.05 Å². The Morgan fingerprint density at radius 2 is 1.84 bits per heavy atom. The first-order valence-electron chi connectivity index (χ1n) is 6.97. The van der Waals surface area contributed by atoms with E-state index in [0.717, 1.165) is 11.3 Å². The zero-order chi connectivity index (χ0) is 13.9. The normalized spacial score (nSPS) is 27.8. The summed E-state index contributed by atoms with van der Waals surface area (Å²) in [5.41, 5.74) is 4.91. The molecule has 1 aliphatic rings. The number of aromatic nitrogens is 3. The van der Waals surface area contributed by atoms with E-state index in [0.29, 0.717) is 18.0 Å². The molecular formula is C15H22N4. The lowest BCUT2D eigenvalue weighted by Gasteiger charge is -2.41. The molecule has 0 bridgehead atoms. The Bertz CT molecular complexity index is 643. The van der Waals surface area contributed by atoms with E-state index in [-0.39, 0.29) is 0 Å². The lowest BCUT2D eigenvalue weighted by molar-refractivity contribution is 0.158. The summed E-state index contributed by atoms with van der Waals surface area (Å²) in [6.07, 6.45) is 2.04. The quantitative estimate of drug-likeness (QED) is 0.728. The number of fused-ring (bicyclic) bond motifs is 3. The average molecular weight is 258 g/mol. The number of aryl methyl sites for hydroxylation is 2. The number of hydrogen-bond acceptors (Lipinski definition) is 3. The Morgan fingerprint density at radius 3 is 2.53 bits per heavy atom. The summed E-state index contributed by atoms with van der Waals surface area (Å²) in [5, 5.41) is 5.81. The van der Waals surface area contributed by atoms with Crippen LogP contribution >= 0.6 is 0 Å². The molecule has 0 N–H and O–H groups in total. The lowest BCUT2D eigenvalue weighted by Crippen LogP contribution is -2.40. The molecule has 0 amide bonds. The van der Waals surface area contributed by atoms with Crippen LogP contribution in [0.15, 0.2) is 6.20 Å². The van der Waals surface area contributed by atoms with Gasteiger partial charge in [0.25, 0.3) is 0 Å². The SMILES string of the molecule is Cc1nn(C)c2ncc3c(c12)C(C)C(C)N(C)C3C. The van der Waals surface area contributed by atoms with Crippen molar-refractivity contribution < 1.29 is 0 Å². The second-order valence-corrected chi connectivity index (χ2v) is 5.91. The van der Waals surface area contributed by atoms with Crippen molar-refractivity contribution >= 4 is 11.0 Å². The van der Waals surface area contributed by atoms with Crippen molar-refractivity contribution in [1.29, 1.82) is 0 Å². The van der Waals surface area contributed by atoms with Crippen LogP contribution in [0, 0.1) is 6.92 Å². The minimum absolute atomic E-state index is 0.415. The van der Waals surface area contributed by atoms with Crippen LogP contribution in [0.1, 0.15) is 49.6 Å². The van der Waals surface area contributed by atoms with Gasteiger partial charge < -0.3 is 0 Å². The molecule has 4 nitrogen and oxygen atoms in total. The predicted octanol–water partition coefficient (Wildman–Crippen LogP) is 2.78. The highest BCUT2D eigenvalue weighted by Gasteiger charge is 2.34. The van der Waals surface area contributed by atoms with Gasteiger partial charge in [-0.15, -0.1) is 0 Å². The summed E-state index contributed by atoms with van der Waals surface area (Å²) in [5.74, 6) is 0.504. The van der Waals surface area contributed by atoms with Crippen LogP contribution in [0.25, 0.3) is 11.0 Å². The van der Waals surface area contributed by atoms with Crippen LogP contribution in [0.3, 0.4) is 0 Å². The van der Waals surface area contributed by atoms with Crippen molar-refractivity contribution in [2.75, 3.05) is 7.05 Å². The Morgan fingerprint density at radius 1 is 1.16 bits per heavy atom. The van der Waals surface area contributed by atoms with Gasteiger partial charge >= 0.3 is 0 Å². The Balaban J connectivity index is 2.38. The fourth-order valence-electron chi connectivity index (χ4n) is 3.44. The summed E-state index contributed by atoms with van der Waals surface area (Å²) in [7, 11) is 4.18. The molecule has 0 spiro atoms. The lowest BCUT2D eigenvalue weighted by atomic mass is 9.81. The molecule has 0 aliphatic carbocycles. The fraction of sp³-hybridized carbons (Fsp3) is 0.600. The fourth-order valence-corrected chi connectivity index (χ4v) is 3.44. The standard InChI is InChI=1S/C15H22N4/c1-8-10(3)18(5)11(4)12-7-16-15-14(13(8)12)9(2)17-19(15)6/h7-8,10-11H,1-6H3. The van der Waals surface area contributed by atoms with E-state index in [4.69, 9.17) is 0 Å². The average Bonchev–Trinajstić information content (AvgIpc) is 2.68.